The molecule has 2 amide bonds. The van der Waals surface area contributed by atoms with Crippen molar-refractivity contribution < 1.29 is 18.8 Å². The van der Waals surface area contributed by atoms with Gasteiger partial charge in [0.25, 0.3) is 5.91 Å². The van der Waals surface area contributed by atoms with Gasteiger partial charge in [-0.25, -0.2) is 19.8 Å². The van der Waals surface area contributed by atoms with Gasteiger partial charge >= 0.3 is 0 Å². The lowest BCUT2D eigenvalue weighted by atomic mass is 9.99. The van der Waals surface area contributed by atoms with E-state index in [9.17, 15) is 14.4 Å². The van der Waals surface area contributed by atoms with E-state index >= 15 is 4.39 Å². The van der Waals surface area contributed by atoms with E-state index in [2.05, 4.69) is 20.7 Å². The van der Waals surface area contributed by atoms with Gasteiger partial charge in [-0.1, -0.05) is 42.5 Å². The molecule has 222 valence electrons. The number of Topliss-reactive ketones (excluding diaryl/α,β-unsaturated/α-hetero) is 1. The third-order valence-electron chi connectivity index (χ3n) is 7.96. The first-order chi connectivity index (χ1) is 21.2. The summed E-state index contributed by atoms with van der Waals surface area (Å²) in [6.07, 6.45) is 5.49. The number of halogens is 1. The van der Waals surface area contributed by atoms with Crippen LogP contribution in [0.15, 0.2) is 79.3 Å². The number of carbonyl (C=O) groups is 3. The molecule has 9 nitrogen and oxygen atoms in total. The van der Waals surface area contributed by atoms with Crippen molar-refractivity contribution in [2.24, 2.45) is 0 Å². The summed E-state index contributed by atoms with van der Waals surface area (Å²) >= 11 is 0. The van der Waals surface area contributed by atoms with Gasteiger partial charge in [0.15, 0.2) is 11.6 Å². The molecule has 2 N–H and O–H groups in total. The number of fused-ring (bicyclic) bond motifs is 1. The Morgan fingerprint density at radius 3 is 2.48 bits per heavy atom. The zero-order valence-electron chi connectivity index (χ0n) is 24.6. The highest BCUT2D eigenvalue weighted by Gasteiger charge is 2.35. The third kappa shape index (κ3) is 5.47. The minimum absolute atomic E-state index is 0.0485. The summed E-state index contributed by atoms with van der Waals surface area (Å²) in [5.74, 6) is -0.862. The molecule has 3 aromatic carbocycles. The highest BCUT2D eigenvalue weighted by atomic mass is 19.1. The van der Waals surface area contributed by atoms with Gasteiger partial charge in [0.1, 0.15) is 18.4 Å². The van der Waals surface area contributed by atoms with Crippen LogP contribution < -0.4 is 10.7 Å². The van der Waals surface area contributed by atoms with Gasteiger partial charge in [0.05, 0.1) is 5.69 Å². The number of benzene rings is 3. The Morgan fingerprint density at radius 2 is 1.73 bits per heavy atom. The van der Waals surface area contributed by atoms with Crippen LogP contribution in [0.1, 0.15) is 35.1 Å². The quantitative estimate of drug-likeness (QED) is 0.244. The summed E-state index contributed by atoms with van der Waals surface area (Å²) in [5.41, 5.74) is 7.93. The van der Waals surface area contributed by atoms with E-state index in [1.807, 2.05) is 56.3 Å². The maximum absolute atomic E-state index is 15.6. The van der Waals surface area contributed by atoms with Crippen molar-refractivity contribution in [1.82, 2.24) is 25.0 Å². The van der Waals surface area contributed by atoms with E-state index in [0.717, 1.165) is 22.3 Å². The van der Waals surface area contributed by atoms with Crippen molar-refractivity contribution in [1.29, 1.82) is 0 Å². The number of hydrogen-bond donors (Lipinski definition) is 2. The largest absolute Gasteiger partial charge is 0.337 e. The minimum atomic E-state index is -0.841. The molecule has 1 saturated heterocycles. The Kier molecular flexibility index (Phi) is 7.75. The van der Waals surface area contributed by atoms with Gasteiger partial charge in [-0.15, -0.1) is 0 Å². The van der Waals surface area contributed by atoms with E-state index in [1.54, 1.807) is 35.3 Å². The first kappa shape index (κ1) is 28.9. The Bertz CT molecular complexity index is 1920. The second-order valence-corrected chi connectivity index (χ2v) is 10.9. The van der Waals surface area contributed by atoms with E-state index in [0.29, 0.717) is 40.8 Å². The Hall–Kier alpha value is -5.22. The highest BCUT2D eigenvalue weighted by Crippen LogP contribution is 2.31. The second kappa shape index (κ2) is 11.8. The molecule has 0 bridgehead atoms. The number of rotatable bonds is 7. The summed E-state index contributed by atoms with van der Waals surface area (Å²) in [6.45, 7) is 5.49. The molecule has 6 rings (SSSR count). The van der Waals surface area contributed by atoms with E-state index in [4.69, 9.17) is 0 Å². The van der Waals surface area contributed by atoms with Crippen molar-refractivity contribution in [3.05, 3.63) is 102 Å². The van der Waals surface area contributed by atoms with Gasteiger partial charge in [-0.2, -0.15) is 0 Å². The number of nitrogens with zero attached hydrogens (tertiary/aromatic N) is 4. The summed E-state index contributed by atoms with van der Waals surface area (Å²) in [6, 6.07) is 17.1. The lowest BCUT2D eigenvalue weighted by molar-refractivity contribution is -0.140. The average Bonchev–Trinajstić information content (AvgIpc) is 3.65. The number of anilines is 1. The lowest BCUT2D eigenvalue weighted by Crippen LogP contribution is -2.49. The van der Waals surface area contributed by atoms with Crippen molar-refractivity contribution in [2.75, 3.05) is 11.9 Å². The van der Waals surface area contributed by atoms with E-state index < -0.39 is 17.8 Å². The summed E-state index contributed by atoms with van der Waals surface area (Å²) in [4.78, 5) is 48.0. The second-order valence-electron chi connectivity index (χ2n) is 10.9. The normalized spacial score (nSPS) is 14.6. The number of ketones is 1. The Labute approximate surface area is 253 Å². The zero-order chi connectivity index (χ0) is 31.0. The molecule has 1 atom stereocenters. The fraction of sp³-hybridized carbons (Fsp3) is 0.206. The van der Waals surface area contributed by atoms with Gasteiger partial charge in [0, 0.05) is 52.7 Å². The van der Waals surface area contributed by atoms with Crippen LogP contribution in [0.3, 0.4) is 0 Å². The number of aryl methyl sites for hydroxylation is 2. The summed E-state index contributed by atoms with van der Waals surface area (Å²) in [7, 11) is 0. The third-order valence-corrected chi connectivity index (χ3v) is 7.96. The molecule has 2 aromatic heterocycles. The Morgan fingerprint density at radius 1 is 0.977 bits per heavy atom. The molecule has 0 saturated carbocycles. The molecule has 44 heavy (non-hydrogen) atoms. The van der Waals surface area contributed by atoms with E-state index in [1.165, 1.54) is 18.0 Å². The molecule has 5 aromatic rings. The molecule has 0 aliphatic carbocycles. The maximum atomic E-state index is 15.6. The fourth-order valence-electron chi connectivity index (χ4n) is 5.65. The molecule has 0 radical (unpaired) electrons. The average molecular weight is 591 g/mol. The van der Waals surface area contributed by atoms with Crippen LogP contribution in [0.4, 0.5) is 10.1 Å². The van der Waals surface area contributed by atoms with Gasteiger partial charge in [-0.05, 0) is 62.1 Å². The smallest absolute Gasteiger partial charge is 0.257 e. The van der Waals surface area contributed by atoms with E-state index in [-0.39, 0.29) is 23.9 Å². The van der Waals surface area contributed by atoms with Gasteiger partial charge in [-0.3, -0.25) is 19.4 Å². The molecule has 1 fully saturated rings. The van der Waals surface area contributed by atoms with Crippen LogP contribution in [0.25, 0.3) is 33.2 Å². The minimum Gasteiger partial charge on any atom is -0.337 e. The number of nitrogens with one attached hydrogen (secondary N) is 2. The predicted molar refractivity (Wildman–Crippen MR) is 166 cm³/mol. The SMILES string of the molecule is CC(=O)c1cn(CC(=O)N2NCCC2C(=O)Nc2cccc(-c3ccccc3C)c2F)c2ccc(-c3cnc(C)nc3)cc12. The molecule has 3 heterocycles. The molecular weight excluding hydrogens is 559 g/mol. The molecule has 1 aliphatic heterocycles. The van der Waals surface area contributed by atoms with Crippen LogP contribution in [0.2, 0.25) is 0 Å². The molecule has 0 spiro atoms. The summed E-state index contributed by atoms with van der Waals surface area (Å²) < 4.78 is 17.3. The van der Waals surface area contributed by atoms with Crippen LogP contribution in [0.5, 0.6) is 0 Å². The lowest BCUT2D eigenvalue weighted by Gasteiger charge is -2.24. The Balaban J connectivity index is 1.23. The van der Waals surface area contributed by atoms with Crippen molar-refractivity contribution in [3.63, 3.8) is 0 Å². The van der Waals surface area contributed by atoms with Crippen molar-refractivity contribution in [2.45, 2.75) is 39.8 Å². The maximum Gasteiger partial charge on any atom is 0.257 e. The molecule has 1 aliphatic rings. The van der Waals surface area contributed by atoms with Gasteiger partial charge < -0.3 is 9.88 Å². The molecule has 10 heteroatoms. The summed E-state index contributed by atoms with van der Waals surface area (Å²) in [5, 5.41) is 4.70. The number of aromatic nitrogens is 3. The van der Waals surface area contributed by atoms with Crippen LogP contribution in [-0.2, 0) is 16.1 Å². The highest BCUT2D eigenvalue weighted by molar-refractivity contribution is 6.08. The molecule has 1 unspecified atom stereocenters. The zero-order valence-corrected chi connectivity index (χ0v) is 24.6. The fourth-order valence-corrected chi connectivity index (χ4v) is 5.65. The number of carbonyl (C=O) groups excluding carboxylic acids is 3. The van der Waals surface area contributed by atoms with Crippen LogP contribution in [0, 0.1) is 19.7 Å². The topological polar surface area (TPSA) is 109 Å². The van der Waals surface area contributed by atoms with Crippen LogP contribution in [-0.4, -0.2) is 49.7 Å². The van der Waals surface area contributed by atoms with Crippen LogP contribution >= 0.6 is 0 Å². The molecular formula is C34H31FN6O3. The standard InChI is InChI=1S/C34H31FN6O3/c1-20-7-4-5-8-25(20)26-9-6-10-29(33(26)35)39-34(44)31-13-14-38-41(31)32(43)19-40-18-28(21(2)42)27-15-23(11-12-30(27)40)24-16-36-22(3)37-17-24/h4-12,15-18,31,38H,13-14,19H2,1-3H3,(H,39,44). The number of amides is 2. The first-order valence-corrected chi connectivity index (χ1v) is 14.3. The predicted octanol–water partition coefficient (Wildman–Crippen LogP) is 5.47. The van der Waals surface area contributed by atoms with Gasteiger partial charge in [0.2, 0.25) is 5.91 Å². The van der Waals surface area contributed by atoms with Crippen molar-refractivity contribution >= 4 is 34.2 Å². The van der Waals surface area contributed by atoms with Crippen molar-refractivity contribution in [3.8, 4) is 22.3 Å². The number of hydrazine groups is 1. The number of hydrogen-bond acceptors (Lipinski definition) is 6. The first-order valence-electron chi connectivity index (χ1n) is 14.3. The monoisotopic (exact) mass is 590 g/mol.